The SMILES string of the molecule is Cl.[2H]C([2H])([2H])C1(O)CCNCC1. The molecule has 1 saturated heterocycles. The third-order valence-electron chi connectivity index (χ3n) is 1.43. The molecule has 0 aromatic carbocycles. The van der Waals surface area contributed by atoms with Crippen molar-refractivity contribution in [3.63, 3.8) is 0 Å². The van der Waals surface area contributed by atoms with Crippen LogP contribution in [0, 0.1) is 0 Å². The van der Waals surface area contributed by atoms with Gasteiger partial charge in [-0.05, 0) is 32.8 Å². The molecular formula is C6H14ClNO. The van der Waals surface area contributed by atoms with E-state index < -0.39 is 12.5 Å². The van der Waals surface area contributed by atoms with Gasteiger partial charge in [-0.25, -0.2) is 0 Å². The highest BCUT2D eigenvalue weighted by Crippen LogP contribution is 2.15. The van der Waals surface area contributed by atoms with Crippen molar-refractivity contribution in [1.82, 2.24) is 5.32 Å². The number of piperidine rings is 1. The monoisotopic (exact) mass is 154 g/mol. The third-order valence-corrected chi connectivity index (χ3v) is 1.43. The fourth-order valence-corrected chi connectivity index (χ4v) is 0.840. The van der Waals surface area contributed by atoms with Crippen molar-refractivity contribution in [2.45, 2.75) is 25.3 Å². The average Bonchev–Trinajstić information content (AvgIpc) is 1.87. The fraction of sp³-hybridized carbons (Fsp3) is 1.00. The molecule has 9 heavy (non-hydrogen) atoms. The second kappa shape index (κ2) is 3.40. The summed E-state index contributed by atoms with van der Waals surface area (Å²) in [6.07, 6.45) is 0.646. The molecule has 56 valence electrons. The molecule has 3 heteroatoms. The Hall–Kier alpha value is 0.210. The zero-order valence-electron chi connectivity index (χ0n) is 8.18. The van der Waals surface area contributed by atoms with Crippen LogP contribution in [-0.4, -0.2) is 23.8 Å². The van der Waals surface area contributed by atoms with Crippen molar-refractivity contribution in [1.29, 1.82) is 0 Å². The minimum Gasteiger partial charge on any atom is -0.390 e. The first-order valence-electron chi connectivity index (χ1n) is 4.39. The van der Waals surface area contributed by atoms with E-state index in [1.807, 2.05) is 0 Å². The lowest BCUT2D eigenvalue weighted by Crippen LogP contribution is -2.39. The van der Waals surface area contributed by atoms with Crippen LogP contribution in [0.4, 0.5) is 0 Å². The van der Waals surface area contributed by atoms with Crippen LogP contribution in [0.1, 0.15) is 23.8 Å². The molecule has 1 fully saturated rings. The van der Waals surface area contributed by atoms with Crippen LogP contribution in [-0.2, 0) is 0 Å². The highest BCUT2D eigenvalue weighted by Gasteiger charge is 2.21. The predicted octanol–water partition coefficient (Wildman–Crippen LogP) is 0.543. The third kappa shape index (κ3) is 3.04. The van der Waals surface area contributed by atoms with Gasteiger partial charge in [0, 0.05) is 4.11 Å². The lowest BCUT2D eigenvalue weighted by atomic mass is 9.95. The van der Waals surface area contributed by atoms with Gasteiger partial charge in [-0.2, -0.15) is 0 Å². The van der Waals surface area contributed by atoms with Gasteiger partial charge in [0.2, 0.25) is 0 Å². The Bertz CT molecular complexity index is 144. The second-order valence-electron chi connectivity index (χ2n) is 2.28. The van der Waals surface area contributed by atoms with Crippen LogP contribution in [0.15, 0.2) is 0 Å². The van der Waals surface area contributed by atoms with Crippen LogP contribution in [0.3, 0.4) is 0 Å². The predicted molar refractivity (Wildman–Crippen MR) is 40.0 cm³/mol. The molecule has 0 amide bonds. The lowest BCUT2D eigenvalue weighted by molar-refractivity contribution is 0.0291. The Morgan fingerprint density at radius 1 is 1.56 bits per heavy atom. The maximum absolute atomic E-state index is 9.61. The van der Waals surface area contributed by atoms with Crippen molar-refractivity contribution < 1.29 is 9.22 Å². The van der Waals surface area contributed by atoms with Gasteiger partial charge in [-0.15, -0.1) is 12.4 Å². The molecule has 0 spiro atoms. The molecule has 0 aliphatic carbocycles. The Morgan fingerprint density at radius 3 is 2.44 bits per heavy atom. The zero-order valence-corrected chi connectivity index (χ0v) is 6.00. The molecule has 0 radical (unpaired) electrons. The van der Waals surface area contributed by atoms with Crippen molar-refractivity contribution in [3.8, 4) is 0 Å². The number of nitrogens with one attached hydrogen (secondary N) is 1. The van der Waals surface area contributed by atoms with Crippen LogP contribution in [0.5, 0.6) is 0 Å². The molecule has 0 saturated carbocycles. The summed E-state index contributed by atoms with van der Waals surface area (Å²) < 4.78 is 21.2. The topological polar surface area (TPSA) is 32.3 Å². The van der Waals surface area contributed by atoms with Crippen molar-refractivity contribution in [2.24, 2.45) is 0 Å². The molecule has 0 atom stereocenters. The van der Waals surface area contributed by atoms with E-state index in [0.29, 0.717) is 25.9 Å². The minimum atomic E-state index is -2.23. The lowest BCUT2D eigenvalue weighted by Gasteiger charge is -2.27. The van der Waals surface area contributed by atoms with Crippen molar-refractivity contribution >= 4 is 12.4 Å². The summed E-state index contributed by atoms with van der Waals surface area (Å²) in [4.78, 5) is 0. The molecule has 1 aliphatic heterocycles. The molecule has 0 aromatic heterocycles. The van der Waals surface area contributed by atoms with E-state index in [9.17, 15) is 5.11 Å². The smallest absolute Gasteiger partial charge is 0.0644 e. The first kappa shape index (κ1) is 4.94. The largest absolute Gasteiger partial charge is 0.390 e. The second-order valence-corrected chi connectivity index (χ2v) is 2.28. The van der Waals surface area contributed by atoms with Gasteiger partial charge < -0.3 is 10.4 Å². The maximum atomic E-state index is 9.61. The van der Waals surface area contributed by atoms with Crippen molar-refractivity contribution in [2.75, 3.05) is 13.1 Å². The van der Waals surface area contributed by atoms with Gasteiger partial charge >= 0.3 is 0 Å². The van der Waals surface area contributed by atoms with E-state index in [4.69, 9.17) is 4.11 Å². The Morgan fingerprint density at radius 2 is 2.11 bits per heavy atom. The normalized spacial score (nSPS) is 31.0. The van der Waals surface area contributed by atoms with E-state index in [0.717, 1.165) is 0 Å². The van der Waals surface area contributed by atoms with E-state index in [1.165, 1.54) is 0 Å². The van der Waals surface area contributed by atoms with Gasteiger partial charge in [-0.3, -0.25) is 0 Å². The van der Waals surface area contributed by atoms with Crippen LogP contribution in [0.25, 0.3) is 0 Å². The minimum absolute atomic E-state index is 0. The van der Waals surface area contributed by atoms with E-state index in [1.54, 1.807) is 0 Å². The number of hydrogen-bond acceptors (Lipinski definition) is 2. The molecule has 1 heterocycles. The Kier molecular flexibility index (Phi) is 1.86. The first-order chi connectivity index (χ1) is 4.96. The van der Waals surface area contributed by atoms with Gasteiger partial charge in [0.15, 0.2) is 0 Å². The van der Waals surface area contributed by atoms with E-state index in [2.05, 4.69) is 5.32 Å². The highest BCUT2D eigenvalue weighted by molar-refractivity contribution is 5.85. The van der Waals surface area contributed by atoms with Gasteiger partial charge in [0.1, 0.15) is 0 Å². The van der Waals surface area contributed by atoms with E-state index in [-0.39, 0.29) is 12.4 Å². The van der Waals surface area contributed by atoms with E-state index >= 15 is 0 Å². The highest BCUT2D eigenvalue weighted by atomic mass is 35.5. The molecule has 0 aromatic rings. The molecule has 1 rings (SSSR count). The zero-order chi connectivity index (χ0) is 8.54. The molecule has 2 nitrogen and oxygen atoms in total. The molecule has 0 unspecified atom stereocenters. The summed E-state index contributed by atoms with van der Waals surface area (Å²) in [7, 11) is 0. The number of hydrogen-bond donors (Lipinski definition) is 2. The van der Waals surface area contributed by atoms with Crippen molar-refractivity contribution in [3.05, 3.63) is 0 Å². The number of aliphatic hydroxyl groups is 1. The summed E-state index contributed by atoms with van der Waals surface area (Å²) in [6, 6.07) is 0. The van der Waals surface area contributed by atoms with Gasteiger partial charge in [0.25, 0.3) is 0 Å². The van der Waals surface area contributed by atoms with Crippen LogP contribution >= 0.6 is 12.4 Å². The van der Waals surface area contributed by atoms with Gasteiger partial charge in [-0.1, -0.05) is 0 Å². The fourth-order valence-electron chi connectivity index (χ4n) is 0.840. The number of rotatable bonds is 0. The number of halogens is 1. The summed E-state index contributed by atoms with van der Waals surface area (Å²) in [5.74, 6) is 0. The summed E-state index contributed by atoms with van der Waals surface area (Å²) in [5.41, 5.74) is -1.45. The quantitative estimate of drug-likeness (QED) is 0.534. The maximum Gasteiger partial charge on any atom is 0.0644 e. The molecule has 2 N–H and O–H groups in total. The van der Waals surface area contributed by atoms with Gasteiger partial charge in [0.05, 0.1) is 5.60 Å². The standard InChI is InChI=1S/C6H13NO.ClH/c1-6(8)2-4-7-5-3-6;/h7-8H,2-5H2,1H3;1H/i1D3;. The molecule has 1 aliphatic rings. The Balaban J connectivity index is 0.00000121. The first-order valence-corrected chi connectivity index (χ1v) is 2.89. The summed E-state index contributed by atoms with van der Waals surface area (Å²) in [6.45, 7) is -1.04. The van der Waals surface area contributed by atoms with Crippen LogP contribution in [0.2, 0.25) is 0 Å². The Labute approximate surface area is 66.3 Å². The average molecular weight is 155 g/mol. The summed E-state index contributed by atoms with van der Waals surface area (Å²) in [5, 5.41) is 12.6. The molecule has 0 bridgehead atoms. The summed E-state index contributed by atoms with van der Waals surface area (Å²) >= 11 is 0. The molecular weight excluding hydrogens is 138 g/mol. The van der Waals surface area contributed by atoms with Crippen LogP contribution < -0.4 is 5.32 Å².